The summed E-state index contributed by atoms with van der Waals surface area (Å²) in [4.78, 5) is 28.3. The van der Waals surface area contributed by atoms with E-state index in [1.165, 1.54) is 0 Å². The maximum Gasteiger partial charge on any atom is 0.434 e. The third-order valence-corrected chi connectivity index (χ3v) is 7.59. The lowest BCUT2D eigenvalue weighted by atomic mass is 9.72. The number of carbonyl (C=O) groups is 2. The number of rotatable bonds is 5. The lowest BCUT2D eigenvalue weighted by Crippen LogP contribution is -2.62. The molecule has 0 aliphatic carbocycles. The molecule has 7 nitrogen and oxygen atoms in total. The van der Waals surface area contributed by atoms with E-state index in [2.05, 4.69) is 14.5 Å². The van der Waals surface area contributed by atoms with Gasteiger partial charge in [-0.3, -0.25) is 9.69 Å². The summed E-state index contributed by atoms with van der Waals surface area (Å²) in [5.41, 5.74) is 1.84. The first kappa shape index (κ1) is 27.3. The Morgan fingerprint density at radius 2 is 1.49 bits per heavy atom. The normalized spacial score (nSPS) is 21.3. The van der Waals surface area contributed by atoms with E-state index in [-0.39, 0.29) is 24.4 Å². The van der Waals surface area contributed by atoms with Gasteiger partial charge >= 0.3 is 24.4 Å². The molecule has 0 bridgehead atoms. The van der Waals surface area contributed by atoms with E-state index in [4.69, 9.17) is 5.11 Å². The van der Waals surface area contributed by atoms with Crippen molar-refractivity contribution < 1.29 is 45.8 Å². The Bertz CT molecular complexity index is 946. The minimum absolute atomic E-state index is 0.0787. The highest BCUT2D eigenvalue weighted by Gasteiger charge is 2.61. The second-order valence-electron chi connectivity index (χ2n) is 10.2. The molecule has 206 valence electrons. The van der Waals surface area contributed by atoms with Gasteiger partial charge in [-0.05, 0) is 56.5 Å². The van der Waals surface area contributed by atoms with Crippen LogP contribution in [0.4, 0.5) is 36.8 Å². The number of carbonyl (C=O) groups excluding carboxylic acids is 1. The van der Waals surface area contributed by atoms with E-state index in [1.54, 1.807) is 0 Å². The number of likely N-dealkylation sites (tertiary alicyclic amines) is 2. The van der Waals surface area contributed by atoms with Crippen molar-refractivity contribution in [3.05, 3.63) is 29.8 Å². The van der Waals surface area contributed by atoms with Crippen molar-refractivity contribution in [1.29, 1.82) is 0 Å². The molecule has 4 rings (SSSR count). The van der Waals surface area contributed by atoms with Crippen LogP contribution in [0, 0.1) is 11.3 Å². The van der Waals surface area contributed by atoms with Gasteiger partial charge in [0.05, 0.1) is 5.92 Å². The fraction of sp³-hybridized carbons (Fsp3) is 0.667. The molecule has 0 saturated carbocycles. The molecule has 0 atom stereocenters. The Balaban J connectivity index is 1.21. The standard InChI is InChI=1S/C24H29F6N3O4/c25-23(26,27)20(24(28,29)30)37-21(36)33-14-22(15-33)7-11-31(12-8-22)13-16-1-3-18(4-2-16)32-9-5-17(6-10-32)19(34)35/h1-4,17,20H,5-15H2,(H,34,35). The number of carboxylic acids is 1. The summed E-state index contributed by atoms with van der Waals surface area (Å²) in [6.45, 7) is 3.64. The molecule has 3 aliphatic rings. The smallest absolute Gasteiger partial charge is 0.434 e. The molecular weight excluding hydrogens is 508 g/mol. The van der Waals surface area contributed by atoms with Crippen LogP contribution in [0.25, 0.3) is 0 Å². The van der Waals surface area contributed by atoms with Crippen LogP contribution in [-0.2, 0) is 16.1 Å². The van der Waals surface area contributed by atoms with Gasteiger partial charge in [-0.1, -0.05) is 12.1 Å². The van der Waals surface area contributed by atoms with Gasteiger partial charge in [-0.2, -0.15) is 26.3 Å². The number of amides is 1. The van der Waals surface area contributed by atoms with E-state index in [0.717, 1.165) is 16.2 Å². The predicted molar refractivity (Wildman–Crippen MR) is 120 cm³/mol. The predicted octanol–water partition coefficient (Wildman–Crippen LogP) is 4.52. The highest BCUT2D eigenvalue weighted by atomic mass is 19.4. The summed E-state index contributed by atoms with van der Waals surface area (Å²) in [5.74, 6) is -1.03. The average Bonchev–Trinajstić information content (AvgIpc) is 2.80. The molecule has 1 amide bonds. The van der Waals surface area contributed by atoms with E-state index in [9.17, 15) is 35.9 Å². The molecule has 37 heavy (non-hydrogen) atoms. The van der Waals surface area contributed by atoms with Crippen molar-refractivity contribution >= 4 is 17.7 Å². The highest BCUT2D eigenvalue weighted by Crippen LogP contribution is 2.42. The molecule has 0 aromatic heterocycles. The van der Waals surface area contributed by atoms with Gasteiger partial charge in [0.1, 0.15) is 0 Å². The second-order valence-corrected chi connectivity index (χ2v) is 10.2. The lowest BCUT2D eigenvalue weighted by molar-refractivity contribution is -0.309. The Morgan fingerprint density at radius 1 is 0.946 bits per heavy atom. The number of carboxylic acid groups (broad SMARTS) is 1. The monoisotopic (exact) mass is 537 g/mol. The van der Waals surface area contributed by atoms with Crippen LogP contribution in [0.15, 0.2) is 24.3 Å². The minimum Gasteiger partial charge on any atom is -0.481 e. The largest absolute Gasteiger partial charge is 0.481 e. The van der Waals surface area contributed by atoms with Crippen LogP contribution < -0.4 is 4.90 Å². The molecule has 3 heterocycles. The number of anilines is 1. The van der Waals surface area contributed by atoms with Crippen molar-refractivity contribution in [1.82, 2.24) is 9.80 Å². The van der Waals surface area contributed by atoms with Crippen molar-refractivity contribution in [3.63, 3.8) is 0 Å². The maximum absolute atomic E-state index is 12.6. The Labute approximate surface area is 209 Å². The number of hydrogen-bond donors (Lipinski definition) is 1. The molecule has 3 saturated heterocycles. The van der Waals surface area contributed by atoms with Crippen LogP contribution in [-0.4, -0.2) is 84.7 Å². The third kappa shape index (κ3) is 6.42. The summed E-state index contributed by atoms with van der Waals surface area (Å²) in [6.07, 6.45) is -14.6. The van der Waals surface area contributed by atoms with Gasteiger partial charge in [0.25, 0.3) is 6.10 Å². The molecule has 0 unspecified atom stereocenters. The van der Waals surface area contributed by atoms with E-state index in [0.29, 0.717) is 58.4 Å². The molecule has 1 aromatic rings. The van der Waals surface area contributed by atoms with Crippen LogP contribution in [0.3, 0.4) is 0 Å². The Morgan fingerprint density at radius 3 is 1.97 bits per heavy atom. The first-order valence-corrected chi connectivity index (χ1v) is 12.1. The summed E-state index contributed by atoms with van der Waals surface area (Å²) in [5, 5.41) is 9.14. The SMILES string of the molecule is O=C(O)C1CCN(c2ccc(CN3CCC4(CC3)CN(C(=O)OC(C(F)(F)F)C(F)(F)F)C4)cc2)CC1. The molecular formula is C24H29F6N3O4. The summed E-state index contributed by atoms with van der Waals surface area (Å²) in [7, 11) is 0. The maximum atomic E-state index is 12.6. The number of nitrogens with zero attached hydrogens (tertiary/aromatic N) is 3. The average molecular weight is 538 g/mol. The quantitative estimate of drug-likeness (QED) is 0.558. The van der Waals surface area contributed by atoms with Crippen molar-refractivity contribution in [3.8, 4) is 0 Å². The van der Waals surface area contributed by atoms with Gasteiger partial charge < -0.3 is 19.6 Å². The topological polar surface area (TPSA) is 73.3 Å². The van der Waals surface area contributed by atoms with E-state index in [1.807, 2.05) is 24.3 Å². The number of piperidine rings is 2. The van der Waals surface area contributed by atoms with Gasteiger partial charge in [0, 0.05) is 43.8 Å². The zero-order valence-electron chi connectivity index (χ0n) is 20.0. The van der Waals surface area contributed by atoms with Crippen LogP contribution >= 0.6 is 0 Å². The van der Waals surface area contributed by atoms with Crippen LogP contribution in [0.1, 0.15) is 31.2 Å². The van der Waals surface area contributed by atoms with Gasteiger partial charge in [-0.25, -0.2) is 4.79 Å². The third-order valence-electron chi connectivity index (χ3n) is 7.59. The number of ether oxygens (including phenoxy) is 1. The van der Waals surface area contributed by atoms with Crippen LogP contribution in [0.2, 0.25) is 0 Å². The van der Waals surface area contributed by atoms with Crippen molar-refractivity contribution in [2.24, 2.45) is 11.3 Å². The molecule has 3 aliphatic heterocycles. The highest BCUT2D eigenvalue weighted by molar-refractivity contribution is 5.70. The van der Waals surface area contributed by atoms with Crippen molar-refractivity contribution in [2.75, 3.05) is 44.2 Å². The number of hydrogen-bond acceptors (Lipinski definition) is 5. The van der Waals surface area contributed by atoms with Crippen molar-refractivity contribution in [2.45, 2.75) is 50.7 Å². The number of aliphatic carboxylic acids is 1. The number of alkyl halides is 6. The minimum atomic E-state index is -5.72. The molecule has 1 spiro atoms. The Kier molecular flexibility index (Phi) is 7.55. The van der Waals surface area contributed by atoms with E-state index >= 15 is 0 Å². The first-order valence-electron chi connectivity index (χ1n) is 12.1. The molecule has 3 fully saturated rings. The molecule has 1 aromatic carbocycles. The fourth-order valence-electron chi connectivity index (χ4n) is 5.34. The first-order chi connectivity index (χ1) is 17.3. The van der Waals surface area contributed by atoms with Gasteiger partial charge in [0.15, 0.2) is 0 Å². The van der Waals surface area contributed by atoms with Gasteiger partial charge in [-0.15, -0.1) is 0 Å². The summed E-state index contributed by atoms with van der Waals surface area (Å²) in [6, 6.07) is 8.10. The van der Waals surface area contributed by atoms with Gasteiger partial charge in [0.2, 0.25) is 0 Å². The van der Waals surface area contributed by atoms with Crippen LogP contribution in [0.5, 0.6) is 0 Å². The lowest BCUT2D eigenvalue weighted by Gasteiger charge is -2.53. The summed E-state index contributed by atoms with van der Waals surface area (Å²) >= 11 is 0. The zero-order chi connectivity index (χ0) is 27.0. The Hall–Kier alpha value is -2.70. The second kappa shape index (κ2) is 10.2. The number of benzene rings is 1. The van der Waals surface area contributed by atoms with E-state index < -0.39 is 30.5 Å². The fourth-order valence-corrected chi connectivity index (χ4v) is 5.34. The number of halogens is 6. The molecule has 13 heteroatoms. The summed E-state index contributed by atoms with van der Waals surface area (Å²) < 4.78 is 79.7. The molecule has 0 radical (unpaired) electrons. The zero-order valence-corrected chi connectivity index (χ0v) is 20.0. The molecule has 1 N–H and O–H groups in total.